The topological polar surface area (TPSA) is 118 Å². The first-order valence-electron chi connectivity index (χ1n) is 12.9. The fourth-order valence-electron chi connectivity index (χ4n) is 6.00. The molecule has 2 aliphatic carbocycles. The number of aliphatic hydroxyl groups is 2. The predicted molar refractivity (Wildman–Crippen MR) is 136 cm³/mol. The van der Waals surface area contributed by atoms with Crippen molar-refractivity contribution in [2.24, 2.45) is 17.3 Å². The molecule has 1 unspecified atom stereocenters. The summed E-state index contributed by atoms with van der Waals surface area (Å²) in [5.74, 6) is -1.13. The Balaban J connectivity index is 1.62. The van der Waals surface area contributed by atoms with E-state index >= 15 is 0 Å². The van der Waals surface area contributed by atoms with E-state index in [1.807, 2.05) is 6.92 Å². The van der Waals surface area contributed by atoms with Gasteiger partial charge in [-0.1, -0.05) is 44.2 Å². The molecule has 1 amide bonds. The SMILES string of the molecule is CC1(C)C[C@H]2C(OC(=O)[C@H](O)[C@@H](NC(=O)OC(C)(C)C)c3ccccc3)c3cocc3C[C@](C)(O)[C@H]2C1. The van der Waals surface area contributed by atoms with Gasteiger partial charge in [-0.25, -0.2) is 9.59 Å². The summed E-state index contributed by atoms with van der Waals surface area (Å²) in [4.78, 5) is 26.1. The fourth-order valence-corrected chi connectivity index (χ4v) is 6.00. The maximum absolute atomic E-state index is 13.5. The van der Waals surface area contributed by atoms with E-state index in [1.165, 1.54) is 0 Å². The molecule has 6 atom stereocenters. The van der Waals surface area contributed by atoms with E-state index in [2.05, 4.69) is 19.2 Å². The molecule has 0 bridgehead atoms. The first-order chi connectivity index (χ1) is 17.2. The monoisotopic (exact) mass is 513 g/mol. The van der Waals surface area contributed by atoms with Gasteiger partial charge >= 0.3 is 12.1 Å². The minimum absolute atomic E-state index is 0.0469. The molecule has 2 aliphatic rings. The molecular formula is C29H39NO7. The third-order valence-corrected chi connectivity index (χ3v) is 7.53. The molecule has 1 saturated carbocycles. The van der Waals surface area contributed by atoms with Crippen molar-refractivity contribution in [3.05, 3.63) is 59.5 Å². The Hall–Kier alpha value is -2.84. The van der Waals surface area contributed by atoms with Gasteiger partial charge in [0, 0.05) is 23.5 Å². The second kappa shape index (κ2) is 9.80. The van der Waals surface area contributed by atoms with Gasteiger partial charge in [-0.3, -0.25) is 0 Å². The Bertz CT molecular complexity index is 1110. The molecule has 0 spiro atoms. The maximum Gasteiger partial charge on any atom is 0.408 e. The van der Waals surface area contributed by atoms with Crippen molar-refractivity contribution in [2.75, 3.05) is 0 Å². The van der Waals surface area contributed by atoms with E-state index in [0.29, 0.717) is 17.5 Å². The molecule has 202 valence electrons. The van der Waals surface area contributed by atoms with E-state index < -0.39 is 41.5 Å². The van der Waals surface area contributed by atoms with Crippen molar-refractivity contribution < 1.29 is 33.7 Å². The van der Waals surface area contributed by atoms with Crippen LogP contribution in [-0.4, -0.2) is 39.6 Å². The van der Waals surface area contributed by atoms with E-state index in [0.717, 1.165) is 18.4 Å². The lowest BCUT2D eigenvalue weighted by atomic mass is 9.78. The quantitative estimate of drug-likeness (QED) is 0.489. The van der Waals surface area contributed by atoms with Gasteiger partial charge in [-0.2, -0.15) is 0 Å². The molecule has 0 saturated heterocycles. The van der Waals surface area contributed by atoms with Gasteiger partial charge in [0.05, 0.1) is 24.2 Å². The van der Waals surface area contributed by atoms with Crippen molar-refractivity contribution in [3.8, 4) is 0 Å². The summed E-state index contributed by atoms with van der Waals surface area (Å²) in [6.45, 7) is 11.3. The number of fused-ring (bicyclic) bond motifs is 2. The molecule has 37 heavy (non-hydrogen) atoms. The fraction of sp³-hybridized carbons (Fsp3) is 0.586. The summed E-state index contributed by atoms with van der Waals surface area (Å²) in [5, 5.41) is 25.3. The first-order valence-corrected chi connectivity index (χ1v) is 12.9. The Morgan fingerprint density at radius 2 is 1.78 bits per heavy atom. The van der Waals surface area contributed by atoms with Gasteiger partial charge in [0.25, 0.3) is 0 Å². The number of hydrogen-bond donors (Lipinski definition) is 3. The smallest absolute Gasteiger partial charge is 0.408 e. The Kier molecular flexibility index (Phi) is 7.20. The Morgan fingerprint density at radius 3 is 2.43 bits per heavy atom. The summed E-state index contributed by atoms with van der Waals surface area (Å²) in [7, 11) is 0. The van der Waals surface area contributed by atoms with Gasteiger partial charge in [0.15, 0.2) is 6.10 Å². The number of benzene rings is 1. The number of alkyl carbamates (subject to hydrolysis) is 1. The molecule has 1 aromatic heterocycles. The maximum atomic E-state index is 13.5. The van der Waals surface area contributed by atoms with Crippen LogP contribution < -0.4 is 5.32 Å². The van der Waals surface area contributed by atoms with Crippen molar-refractivity contribution in [1.82, 2.24) is 5.32 Å². The van der Waals surface area contributed by atoms with Crippen LogP contribution >= 0.6 is 0 Å². The predicted octanol–water partition coefficient (Wildman–Crippen LogP) is 4.85. The molecule has 3 N–H and O–H groups in total. The van der Waals surface area contributed by atoms with E-state index in [9.17, 15) is 19.8 Å². The highest BCUT2D eigenvalue weighted by molar-refractivity contribution is 5.78. The van der Waals surface area contributed by atoms with Crippen molar-refractivity contribution in [1.29, 1.82) is 0 Å². The van der Waals surface area contributed by atoms with Gasteiger partial charge in [0.1, 0.15) is 11.7 Å². The van der Waals surface area contributed by atoms with Crippen LogP contribution in [0.15, 0.2) is 47.3 Å². The highest BCUT2D eigenvalue weighted by Gasteiger charge is 2.54. The number of carbonyl (C=O) groups is 2. The minimum atomic E-state index is -1.69. The second-order valence-corrected chi connectivity index (χ2v) is 12.6. The number of carbonyl (C=O) groups excluding carboxylic acids is 2. The van der Waals surface area contributed by atoms with Crippen LogP contribution in [0.5, 0.6) is 0 Å². The lowest BCUT2D eigenvalue weighted by Gasteiger charge is -2.34. The molecule has 8 heteroatoms. The number of ether oxygens (including phenoxy) is 2. The van der Waals surface area contributed by atoms with Crippen LogP contribution in [0, 0.1) is 17.3 Å². The van der Waals surface area contributed by atoms with Crippen molar-refractivity contribution >= 4 is 12.1 Å². The summed E-state index contributed by atoms with van der Waals surface area (Å²) < 4.78 is 16.9. The van der Waals surface area contributed by atoms with Crippen LogP contribution in [-0.2, 0) is 20.7 Å². The molecule has 1 heterocycles. The zero-order valence-electron chi connectivity index (χ0n) is 22.5. The zero-order chi connectivity index (χ0) is 27.2. The normalized spacial score (nSPS) is 28.3. The summed E-state index contributed by atoms with van der Waals surface area (Å²) in [6, 6.07) is 7.66. The number of esters is 1. The first kappa shape index (κ1) is 27.2. The average Bonchev–Trinajstić information content (AvgIpc) is 3.36. The van der Waals surface area contributed by atoms with Crippen molar-refractivity contribution in [3.63, 3.8) is 0 Å². The van der Waals surface area contributed by atoms with Crippen LogP contribution in [0.3, 0.4) is 0 Å². The average molecular weight is 514 g/mol. The van der Waals surface area contributed by atoms with Gasteiger partial charge in [-0.15, -0.1) is 0 Å². The molecule has 1 fully saturated rings. The van der Waals surface area contributed by atoms with Crippen LogP contribution in [0.2, 0.25) is 0 Å². The third-order valence-electron chi connectivity index (χ3n) is 7.53. The summed E-state index contributed by atoms with van der Waals surface area (Å²) in [6.07, 6.45) is 1.92. The van der Waals surface area contributed by atoms with Gasteiger partial charge < -0.3 is 29.4 Å². The molecule has 0 radical (unpaired) electrons. The van der Waals surface area contributed by atoms with Gasteiger partial charge in [0.2, 0.25) is 0 Å². The molecule has 4 rings (SSSR count). The van der Waals surface area contributed by atoms with Crippen LogP contribution in [0.1, 0.15) is 83.2 Å². The molecule has 0 aliphatic heterocycles. The summed E-state index contributed by atoms with van der Waals surface area (Å²) >= 11 is 0. The van der Waals surface area contributed by atoms with E-state index in [4.69, 9.17) is 13.9 Å². The third kappa shape index (κ3) is 6.02. The number of aliphatic hydroxyl groups excluding tert-OH is 1. The standard InChI is InChI=1S/C29H39NO7/c1-27(2,3)37-26(33)30-22(17-10-8-7-9-11-17)23(31)25(32)36-24-19-13-28(4,5)14-21(19)29(6,34)12-18-15-35-16-20(18)24/h7-11,15-16,19,21-24,31,34H,12-14H2,1-6H3,(H,30,33)/t19-,21+,22+,23-,24?,29+/m1/s1. The molecule has 1 aromatic carbocycles. The van der Waals surface area contributed by atoms with E-state index in [1.54, 1.807) is 63.6 Å². The number of amides is 1. The lowest BCUT2D eigenvalue weighted by Crippen LogP contribution is -2.44. The number of rotatable bonds is 5. The number of furan rings is 1. The second-order valence-electron chi connectivity index (χ2n) is 12.6. The Labute approximate surface area is 218 Å². The highest BCUT2D eigenvalue weighted by atomic mass is 16.6. The minimum Gasteiger partial charge on any atom is -0.472 e. The largest absolute Gasteiger partial charge is 0.472 e. The number of hydrogen-bond acceptors (Lipinski definition) is 7. The number of nitrogens with one attached hydrogen (secondary N) is 1. The molecule has 2 aromatic rings. The Morgan fingerprint density at radius 1 is 1.11 bits per heavy atom. The van der Waals surface area contributed by atoms with Crippen molar-refractivity contribution in [2.45, 2.75) is 90.3 Å². The summed E-state index contributed by atoms with van der Waals surface area (Å²) in [5.41, 5.74) is 0.232. The van der Waals surface area contributed by atoms with Gasteiger partial charge in [-0.05, 0) is 57.4 Å². The van der Waals surface area contributed by atoms with Crippen LogP contribution in [0.4, 0.5) is 4.79 Å². The highest BCUT2D eigenvalue weighted by Crippen LogP contribution is 2.57. The van der Waals surface area contributed by atoms with E-state index in [-0.39, 0.29) is 17.3 Å². The molecular weight excluding hydrogens is 474 g/mol. The van der Waals surface area contributed by atoms with Crippen LogP contribution in [0.25, 0.3) is 0 Å². The molecule has 8 nitrogen and oxygen atoms in total. The zero-order valence-corrected chi connectivity index (χ0v) is 22.5. The lowest BCUT2D eigenvalue weighted by molar-refractivity contribution is -0.166.